The van der Waals surface area contributed by atoms with Crippen molar-refractivity contribution in [3.05, 3.63) is 35.9 Å². The largest absolute Gasteiger partial charge is 0.481 e. The van der Waals surface area contributed by atoms with E-state index in [1.807, 2.05) is 30.3 Å². The maximum atomic E-state index is 11.1. The van der Waals surface area contributed by atoms with E-state index >= 15 is 0 Å². The second-order valence-electron chi connectivity index (χ2n) is 4.39. The molecule has 3 aliphatic rings. The van der Waals surface area contributed by atoms with Gasteiger partial charge in [0, 0.05) is 5.41 Å². The molecule has 1 saturated carbocycles. The average Bonchev–Trinajstić information content (AvgIpc) is 2.76. The fourth-order valence-corrected chi connectivity index (χ4v) is 2.90. The second-order valence-corrected chi connectivity index (χ2v) is 4.39. The number of carboxylic acid groups (broad SMARTS) is 1. The minimum Gasteiger partial charge on any atom is -0.481 e. The van der Waals surface area contributed by atoms with Crippen LogP contribution in [0.5, 0.6) is 0 Å². The summed E-state index contributed by atoms with van der Waals surface area (Å²) in [6.07, 6.45) is 0.788. The fraction of sp³-hybridized carbons (Fsp3) is 0.417. The molecule has 1 aromatic rings. The van der Waals surface area contributed by atoms with Crippen LogP contribution in [0.3, 0.4) is 0 Å². The molecule has 2 bridgehead atoms. The summed E-state index contributed by atoms with van der Waals surface area (Å²) >= 11 is 0. The molecule has 3 atom stereocenters. The normalized spacial score (nSPS) is 37.3. The number of rotatable bonds is 2. The molecule has 0 radical (unpaired) electrons. The zero-order valence-corrected chi connectivity index (χ0v) is 8.22. The summed E-state index contributed by atoms with van der Waals surface area (Å²) in [6, 6.07) is 9.85. The third-order valence-electron chi connectivity index (χ3n) is 3.70. The second kappa shape index (κ2) is 2.83. The summed E-state index contributed by atoms with van der Waals surface area (Å²) in [4.78, 5) is 11.1. The van der Waals surface area contributed by atoms with E-state index in [4.69, 9.17) is 9.84 Å². The van der Waals surface area contributed by atoms with Gasteiger partial charge in [-0.3, -0.25) is 4.79 Å². The monoisotopic (exact) mass is 204 g/mol. The predicted molar refractivity (Wildman–Crippen MR) is 53.6 cm³/mol. The first-order chi connectivity index (χ1) is 7.24. The molecule has 3 heteroatoms. The van der Waals surface area contributed by atoms with E-state index in [1.54, 1.807) is 0 Å². The van der Waals surface area contributed by atoms with Crippen molar-refractivity contribution in [3.63, 3.8) is 0 Å². The van der Waals surface area contributed by atoms with Crippen LogP contribution in [0.2, 0.25) is 0 Å². The zero-order valence-electron chi connectivity index (χ0n) is 8.22. The Kier molecular flexibility index (Phi) is 1.68. The maximum Gasteiger partial charge on any atom is 0.310 e. The van der Waals surface area contributed by atoms with Crippen molar-refractivity contribution in [1.29, 1.82) is 0 Å². The fourth-order valence-electron chi connectivity index (χ4n) is 2.90. The van der Waals surface area contributed by atoms with Gasteiger partial charge in [-0.05, 0) is 12.0 Å². The Bertz CT molecular complexity index is 397. The van der Waals surface area contributed by atoms with Gasteiger partial charge in [0.1, 0.15) is 0 Å². The van der Waals surface area contributed by atoms with Crippen LogP contribution in [0.25, 0.3) is 0 Å². The minimum atomic E-state index is -0.729. The summed E-state index contributed by atoms with van der Waals surface area (Å²) < 4.78 is 5.48. The lowest BCUT2D eigenvalue weighted by atomic mass is 9.58. The van der Waals surface area contributed by atoms with Gasteiger partial charge in [0.2, 0.25) is 0 Å². The van der Waals surface area contributed by atoms with Gasteiger partial charge in [0.15, 0.2) is 0 Å². The molecule has 78 valence electrons. The summed E-state index contributed by atoms with van der Waals surface area (Å²) in [7, 11) is 0. The predicted octanol–water partition coefficient (Wildman–Crippen LogP) is 1.43. The molecule has 0 amide bonds. The summed E-state index contributed by atoms with van der Waals surface area (Å²) in [5.74, 6) is -1.08. The van der Waals surface area contributed by atoms with Crippen molar-refractivity contribution in [3.8, 4) is 0 Å². The topological polar surface area (TPSA) is 46.5 Å². The van der Waals surface area contributed by atoms with Gasteiger partial charge in [-0.25, -0.2) is 0 Å². The van der Waals surface area contributed by atoms with Gasteiger partial charge in [-0.1, -0.05) is 30.3 Å². The summed E-state index contributed by atoms with van der Waals surface area (Å²) in [5, 5.41) is 9.16. The lowest BCUT2D eigenvalue weighted by molar-refractivity contribution is -0.150. The highest BCUT2D eigenvalue weighted by Gasteiger charge is 2.64. The number of fused-ring (bicyclic) bond motifs is 1. The third kappa shape index (κ3) is 1.01. The van der Waals surface area contributed by atoms with E-state index in [9.17, 15) is 4.79 Å². The van der Waals surface area contributed by atoms with E-state index in [2.05, 4.69) is 0 Å². The Morgan fingerprint density at radius 1 is 1.40 bits per heavy atom. The molecule has 3 nitrogen and oxygen atoms in total. The lowest BCUT2D eigenvalue weighted by Gasteiger charge is -2.42. The van der Waals surface area contributed by atoms with Crippen molar-refractivity contribution in [2.75, 3.05) is 6.61 Å². The van der Waals surface area contributed by atoms with Crippen molar-refractivity contribution in [1.82, 2.24) is 0 Å². The number of ether oxygens (including phenoxy) is 1. The smallest absolute Gasteiger partial charge is 0.310 e. The van der Waals surface area contributed by atoms with Crippen LogP contribution < -0.4 is 0 Å². The molecular formula is C12H12O3. The van der Waals surface area contributed by atoms with Gasteiger partial charge < -0.3 is 9.84 Å². The standard InChI is InChI=1S/C12H12O3/c13-11(14)10-9-6-12(10,7-15-9)8-4-2-1-3-5-8/h1-5,9-10H,6-7H2,(H,13,14). The highest BCUT2D eigenvalue weighted by Crippen LogP contribution is 2.56. The Hall–Kier alpha value is -1.35. The SMILES string of the molecule is O=C(O)C1C2CC1(c1ccccc1)CO2. The quantitative estimate of drug-likeness (QED) is 0.792. The van der Waals surface area contributed by atoms with Gasteiger partial charge >= 0.3 is 5.97 Å². The molecule has 0 spiro atoms. The molecule has 1 aliphatic carbocycles. The number of hydrogen-bond donors (Lipinski definition) is 1. The van der Waals surface area contributed by atoms with Crippen LogP contribution in [0.1, 0.15) is 12.0 Å². The van der Waals surface area contributed by atoms with E-state index in [1.165, 1.54) is 0 Å². The Morgan fingerprint density at radius 3 is 2.73 bits per heavy atom. The Balaban J connectivity index is 2.02. The molecule has 15 heavy (non-hydrogen) atoms. The first kappa shape index (κ1) is 8.92. The summed E-state index contributed by atoms with van der Waals surface area (Å²) in [5.41, 5.74) is 0.851. The third-order valence-corrected chi connectivity index (χ3v) is 3.70. The van der Waals surface area contributed by atoms with Crippen LogP contribution in [0.15, 0.2) is 30.3 Å². The van der Waals surface area contributed by atoms with Gasteiger partial charge in [0.05, 0.1) is 18.6 Å². The molecular weight excluding hydrogens is 192 g/mol. The molecule has 1 N–H and O–H groups in total. The number of hydrogen-bond acceptors (Lipinski definition) is 2. The van der Waals surface area contributed by atoms with Crippen LogP contribution in [0.4, 0.5) is 0 Å². The zero-order chi connectivity index (χ0) is 10.5. The Labute approximate surface area is 87.7 Å². The molecule has 0 aromatic heterocycles. The average molecular weight is 204 g/mol. The van der Waals surface area contributed by atoms with E-state index < -0.39 is 5.97 Å². The summed E-state index contributed by atoms with van der Waals surface area (Å²) in [6.45, 7) is 0.554. The maximum absolute atomic E-state index is 11.1. The number of aliphatic carboxylic acids is 1. The van der Waals surface area contributed by atoms with Crippen LogP contribution >= 0.6 is 0 Å². The molecule has 1 aromatic carbocycles. The lowest BCUT2D eigenvalue weighted by Crippen LogP contribution is -2.52. The number of carbonyl (C=O) groups is 1. The van der Waals surface area contributed by atoms with Gasteiger partial charge in [0.25, 0.3) is 0 Å². The minimum absolute atomic E-state index is 0.0669. The Morgan fingerprint density at radius 2 is 2.13 bits per heavy atom. The molecule has 3 unspecified atom stereocenters. The molecule has 4 rings (SSSR count). The van der Waals surface area contributed by atoms with E-state index in [0.29, 0.717) is 6.61 Å². The van der Waals surface area contributed by atoms with Crippen LogP contribution in [0, 0.1) is 5.92 Å². The first-order valence-corrected chi connectivity index (χ1v) is 5.14. The van der Waals surface area contributed by atoms with Gasteiger partial charge in [-0.15, -0.1) is 0 Å². The molecule has 2 aliphatic heterocycles. The molecule has 2 saturated heterocycles. The van der Waals surface area contributed by atoms with Gasteiger partial charge in [-0.2, -0.15) is 0 Å². The van der Waals surface area contributed by atoms with E-state index in [0.717, 1.165) is 12.0 Å². The highest BCUT2D eigenvalue weighted by molar-refractivity contribution is 5.76. The highest BCUT2D eigenvalue weighted by atomic mass is 16.5. The van der Waals surface area contributed by atoms with E-state index in [-0.39, 0.29) is 17.4 Å². The molecule has 3 fully saturated rings. The number of benzene rings is 1. The van der Waals surface area contributed by atoms with Crippen molar-refractivity contribution in [2.45, 2.75) is 17.9 Å². The van der Waals surface area contributed by atoms with Crippen LogP contribution in [-0.2, 0) is 14.9 Å². The van der Waals surface area contributed by atoms with Crippen molar-refractivity contribution in [2.24, 2.45) is 5.92 Å². The number of carboxylic acids is 1. The van der Waals surface area contributed by atoms with Crippen molar-refractivity contribution < 1.29 is 14.6 Å². The van der Waals surface area contributed by atoms with Crippen LogP contribution in [-0.4, -0.2) is 23.8 Å². The van der Waals surface area contributed by atoms with Crippen molar-refractivity contribution >= 4 is 5.97 Å². The molecule has 2 heterocycles. The first-order valence-electron chi connectivity index (χ1n) is 5.14.